The van der Waals surface area contributed by atoms with E-state index >= 15 is 0 Å². The Kier molecular flexibility index (Phi) is 3.62. The molecule has 1 aromatic rings. The van der Waals surface area contributed by atoms with Crippen molar-refractivity contribution in [3.8, 4) is 0 Å². The first-order valence-electron chi connectivity index (χ1n) is 3.54. The maximum Gasteiger partial charge on any atom is 0.0770 e. The van der Waals surface area contributed by atoms with E-state index in [0.717, 1.165) is 16.9 Å². The number of benzene rings is 1. The standard InChI is InChI=1S/C9H6N2S2/c1-7-4-8(10-5-12)2-3-9(7)11-6-13/h2-4H,1H3. The quantitative estimate of drug-likeness (QED) is 0.546. The number of isothiocyanates is 2. The SMILES string of the molecule is Cc1cc(N=C=S)ccc1N=C=S. The molecule has 4 heteroatoms. The van der Waals surface area contributed by atoms with Crippen LogP contribution in [-0.4, -0.2) is 10.3 Å². The van der Waals surface area contributed by atoms with Gasteiger partial charge in [-0.2, -0.15) is 9.98 Å². The highest BCUT2D eigenvalue weighted by molar-refractivity contribution is 7.78. The molecule has 0 radical (unpaired) electrons. The summed E-state index contributed by atoms with van der Waals surface area (Å²) < 4.78 is 0. The van der Waals surface area contributed by atoms with Gasteiger partial charge in [0.2, 0.25) is 0 Å². The third-order valence-electron chi connectivity index (χ3n) is 1.52. The average molecular weight is 206 g/mol. The molecule has 0 aliphatic carbocycles. The smallest absolute Gasteiger partial charge is 0.0770 e. The molecule has 0 unspecified atom stereocenters. The zero-order valence-electron chi connectivity index (χ0n) is 6.94. The Bertz CT molecular complexity index is 414. The maximum atomic E-state index is 4.51. The minimum atomic E-state index is 0.774. The van der Waals surface area contributed by atoms with Crippen molar-refractivity contribution in [3.63, 3.8) is 0 Å². The van der Waals surface area contributed by atoms with Gasteiger partial charge < -0.3 is 0 Å². The zero-order valence-corrected chi connectivity index (χ0v) is 8.58. The highest BCUT2D eigenvalue weighted by Gasteiger charge is 1.96. The van der Waals surface area contributed by atoms with Crippen LogP contribution >= 0.6 is 24.4 Å². The third kappa shape index (κ3) is 2.65. The summed E-state index contributed by atoms with van der Waals surface area (Å²) in [6, 6.07) is 5.49. The molecular formula is C9H6N2S2. The molecule has 0 aliphatic heterocycles. The number of aryl methyl sites for hydroxylation is 1. The molecule has 2 nitrogen and oxygen atoms in total. The molecule has 0 bridgehead atoms. The lowest BCUT2D eigenvalue weighted by atomic mass is 10.2. The fourth-order valence-corrected chi connectivity index (χ4v) is 1.14. The van der Waals surface area contributed by atoms with Gasteiger partial charge in [-0.25, -0.2) is 0 Å². The van der Waals surface area contributed by atoms with Crippen molar-refractivity contribution in [2.45, 2.75) is 6.92 Å². The van der Waals surface area contributed by atoms with E-state index in [2.05, 4.69) is 44.7 Å². The number of thiocarbonyl (C=S) groups is 2. The molecule has 0 fully saturated rings. The van der Waals surface area contributed by atoms with Crippen molar-refractivity contribution < 1.29 is 0 Å². The lowest BCUT2D eigenvalue weighted by Crippen LogP contribution is -1.73. The van der Waals surface area contributed by atoms with Crippen LogP contribution < -0.4 is 0 Å². The van der Waals surface area contributed by atoms with E-state index < -0.39 is 0 Å². The van der Waals surface area contributed by atoms with Crippen LogP contribution in [0, 0.1) is 6.92 Å². The van der Waals surface area contributed by atoms with E-state index in [9.17, 15) is 0 Å². The van der Waals surface area contributed by atoms with E-state index in [1.807, 2.05) is 19.1 Å². The summed E-state index contributed by atoms with van der Waals surface area (Å²) in [4.78, 5) is 7.73. The lowest BCUT2D eigenvalue weighted by Gasteiger charge is -1.97. The van der Waals surface area contributed by atoms with Crippen LogP contribution in [0.15, 0.2) is 28.2 Å². The lowest BCUT2D eigenvalue weighted by molar-refractivity contribution is 1.39. The molecule has 0 heterocycles. The van der Waals surface area contributed by atoms with Crippen LogP contribution in [-0.2, 0) is 0 Å². The summed E-state index contributed by atoms with van der Waals surface area (Å²) >= 11 is 9.00. The summed E-state index contributed by atoms with van der Waals surface area (Å²) in [7, 11) is 0. The molecule has 0 atom stereocenters. The molecule has 1 rings (SSSR count). The Morgan fingerprint density at radius 3 is 2.38 bits per heavy atom. The van der Waals surface area contributed by atoms with Gasteiger partial charge in [-0.15, -0.1) is 0 Å². The Morgan fingerprint density at radius 2 is 1.85 bits per heavy atom. The summed E-state index contributed by atoms with van der Waals surface area (Å²) in [6.07, 6.45) is 0. The van der Waals surface area contributed by atoms with Crippen molar-refractivity contribution in [1.29, 1.82) is 0 Å². The van der Waals surface area contributed by atoms with Crippen LogP contribution in [0.25, 0.3) is 0 Å². The Hall–Kier alpha value is -1.18. The largest absolute Gasteiger partial charge is 0.195 e. The van der Waals surface area contributed by atoms with Crippen molar-refractivity contribution >= 4 is 46.1 Å². The van der Waals surface area contributed by atoms with Gasteiger partial charge in [0, 0.05) is 0 Å². The van der Waals surface area contributed by atoms with E-state index in [4.69, 9.17) is 0 Å². The van der Waals surface area contributed by atoms with Crippen LogP contribution in [0.5, 0.6) is 0 Å². The van der Waals surface area contributed by atoms with Gasteiger partial charge >= 0.3 is 0 Å². The van der Waals surface area contributed by atoms with Crippen molar-refractivity contribution in [2.24, 2.45) is 9.98 Å². The van der Waals surface area contributed by atoms with Crippen LogP contribution in [0.2, 0.25) is 0 Å². The number of hydrogen-bond acceptors (Lipinski definition) is 4. The fourth-order valence-electron chi connectivity index (χ4n) is 0.937. The van der Waals surface area contributed by atoms with E-state index in [0.29, 0.717) is 0 Å². The first-order valence-corrected chi connectivity index (χ1v) is 4.36. The number of hydrogen-bond donors (Lipinski definition) is 0. The third-order valence-corrected chi connectivity index (χ3v) is 1.70. The van der Waals surface area contributed by atoms with Crippen LogP contribution in [0.4, 0.5) is 11.4 Å². The molecular weight excluding hydrogens is 200 g/mol. The molecule has 0 spiro atoms. The number of rotatable bonds is 2. The maximum absolute atomic E-state index is 4.51. The molecule has 0 N–H and O–H groups in total. The van der Waals surface area contributed by atoms with Crippen molar-refractivity contribution in [3.05, 3.63) is 23.8 Å². The topological polar surface area (TPSA) is 24.7 Å². The van der Waals surface area contributed by atoms with Gasteiger partial charge in [-0.1, -0.05) is 0 Å². The van der Waals surface area contributed by atoms with Gasteiger partial charge in [0.05, 0.1) is 21.7 Å². The van der Waals surface area contributed by atoms with E-state index in [1.54, 1.807) is 6.07 Å². The molecule has 0 saturated heterocycles. The highest BCUT2D eigenvalue weighted by Crippen LogP contribution is 2.23. The minimum absolute atomic E-state index is 0.774. The van der Waals surface area contributed by atoms with Crippen LogP contribution in [0.3, 0.4) is 0 Å². The van der Waals surface area contributed by atoms with Crippen LogP contribution in [0.1, 0.15) is 5.56 Å². The average Bonchev–Trinajstić information content (AvgIpc) is 2.10. The second-order valence-corrected chi connectivity index (χ2v) is 2.74. The van der Waals surface area contributed by atoms with Gasteiger partial charge in [-0.05, 0) is 55.1 Å². The van der Waals surface area contributed by atoms with Crippen molar-refractivity contribution in [1.82, 2.24) is 0 Å². The summed E-state index contributed by atoms with van der Waals surface area (Å²) in [5, 5.41) is 4.62. The van der Waals surface area contributed by atoms with Crippen molar-refractivity contribution in [2.75, 3.05) is 0 Å². The van der Waals surface area contributed by atoms with Gasteiger partial charge in [0.25, 0.3) is 0 Å². The molecule has 0 saturated carbocycles. The Morgan fingerprint density at radius 1 is 1.15 bits per heavy atom. The first-order chi connectivity index (χ1) is 6.27. The Balaban J connectivity index is 3.19. The predicted octanol–water partition coefficient (Wildman–Crippen LogP) is 3.46. The second kappa shape index (κ2) is 4.75. The number of nitrogens with zero attached hydrogens (tertiary/aromatic N) is 2. The normalized spacial score (nSPS) is 8.38. The summed E-state index contributed by atoms with van der Waals surface area (Å²) in [5.74, 6) is 0. The predicted molar refractivity (Wildman–Crippen MR) is 60.6 cm³/mol. The minimum Gasteiger partial charge on any atom is -0.195 e. The molecule has 13 heavy (non-hydrogen) atoms. The summed E-state index contributed by atoms with van der Waals surface area (Å²) in [6.45, 7) is 1.92. The molecule has 0 amide bonds. The monoisotopic (exact) mass is 206 g/mol. The van der Waals surface area contributed by atoms with Gasteiger partial charge in [0.15, 0.2) is 0 Å². The first kappa shape index (κ1) is 9.90. The molecule has 0 aliphatic rings. The number of aliphatic imine (C=N–C) groups is 2. The van der Waals surface area contributed by atoms with E-state index in [-0.39, 0.29) is 0 Å². The fraction of sp³-hybridized carbons (Fsp3) is 0.111. The summed E-state index contributed by atoms with van der Waals surface area (Å²) in [5.41, 5.74) is 2.57. The molecule has 1 aromatic carbocycles. The van der Waals surface area contributed by atoms with E-state index in [1.165, 1.54) is 0 Å². The molecule has 0 aromatic heterocycles. The zero-order chi connectivity index (χ0) is 9.68. The Labute approximate surface area is 87.0 Å². The molecule has 64 valence electrons. The highest BCUT2D eigenvalue weighted by atomic mass is 32.1. The van der Waals surface area contributed by atoms with Gasteiger partial charge in [-0.3, -0.25) is 0 Å². The van der Waals surface area contributed by atoms with Gasteiger partial charge in [0.1, 0.15) is 0 Å². The second-order valence-electron chi connectivity index (χ2n) is 2.38.